The fourth-order valence-electron chi connectivity index (χ4n) is 1.90. The zero-order chi connectivity index (χ0) is 15.2. The van der Waals surface area contributed by atoms with Crippen LogP contribution >= 0.6 is 11.3 Å². The molecule has 0 aliphatic carbocycles. The van der Waals surface area contributed by atoms with Gasteiger partial charge in [-0.1, -0.05) is 18.8 Å². The highest BCUT2D eigenvalue weighted by molar-refractivity contribution is 7.10. The molecule has 0 saturated carbocycles. The van der Waals surface area contributed by atoms with Crippen LogP contribution in [0, 0.1) is 11.8 Å². The molecule has 0 radical (unpaired) electrons. The Balaban J connectivity index is 2.04. The van der Waals surface area contributed by atoms with Crippen LogP contribution in [0.3, 0.4) is 0 Å². The van der Waals surface area contributed by atoms with E-state index in [1.54, 1.807) is 23.1 Å². The Bertz CT molecular complexity index is 690. The van der Waals surface area contributed by atoms with Crippen molar-refractivity contribution in [1.29, 1.82) is 0 Å². The summed E-state index contributed by atoms with van der Waals surface area (Å²) in [5.41, 5.74) is 7.78. The summed E-state index contributed by atoms with van der Waals surface area (Å²) in [5, 5.41) is 9.14. The molecule has 6 heteroatoms. The molecular formula is C15H18N4OS. The van der Waals surface area contributed by atoms with Crippen LogP contribution in [0.2, 0.25) is 0 Å². The van der Waals surface area contributed by atoms with Crippen LogP contribution in [0.25, 0.3) is 0 Å². The fourth-order valence-corrected chi connectivity index (χ4v) is 2.67. The second-order valence-electron chi connectivity index (χ2n) is 4.44. The number of carbonyl (C=O) groups excluding carboxylic acids is 1. The van der Waals surface area contributed by atoms with Crippen LogP contribution in [0.5, 0.6) is 0 Å². The summed E-state index contributed by atoms with van der Waals surface area (Å²) in [6, 6.07) is 3.76. The third-order valence-corrected chi connectivity index (χ3v) is 3.93. The van der Waals surface area contributed by atoms with Crippen molar-refractivity contribution in [3.05, 3.63) is 39.3 Å². The first kappa shape index (κ1) is 15.3. The summed E-state index contributed by atoms with van der Waals surface area (Å²) >= 11 is 1.57. The summed E-state index contributed by atoms with van der Waals surface area (Å²) in [6.07, 6.45) is 0.810. The molecule has 0 spiro atoms. The van der Waals surface area contributed by atoms with Crippen LogP contribution in [-0.2, 0) is 20.0 Å². The Morgan fingerprint density at radius 2 is 2.38 bits per heavy atom. The van der Waals surface area contributed by atoms with Crippen molar-refractivity contribution in [2.24, 2.45) is 12.8 Å². The molecule has 21 heavy (non-hydrogen) atoms. The largest absolute Gasteiger partial charge is 0.346 e. The molecule has 0 bridgehead atoms. The fraction of sp³-hybridized carbons (Fsp3) is 0.333. The molecule has 0 unspecified atom stereocenters. The van der Waals surface area contributed by atoms with Gasteiger partial charge in [-0.15, -0.1) is 11.3 Å². The summed E-state index contributed by atoms with van der Waals surface area (Å²) in [5.74, 6) is 5.71. The van der Waals surface area contributed by atoms with Crippen LogP contribution in [-0.4, -0.2) is 22.2 Å². The van der Waals surface area contributed by atoms with E-state index in [9.17, 15) is 4.79 Å². The minimum Gasteiger partial charge on any atom is -0.346 e. The first-order chi connectivity index (χ1) is 10.2. The van der Waals surface area contributed by atoms with Gasteiger partial charge in [0, 0.05) is 17.5 Å². The van der Waals surface area contributed by atoms with E-state index in [-0.39, 0.29) is 5.91 Å². The lowest BCUT2D eigenvalue weighted by Crippen LogP contribution is -2.25. The van der Waals surface area contributed by atoms with Crippen molar-refractivity contribution in [2.75, 3.05) is 6.54 Å². The lowest BCUT2D eigenvalue weighted by Gasteiger charge is -2.04. The number of nitrogens with two attached hydrogens (primary N) is 1. The number of amides is 1. The molecular weight excluding hydrogens is 284 g/mol. The topological polar surface area (TPSA) is 72.9 Å². The number of nitrogens with zero attached hydrogens (tertiary/aromatic N) is 2. The highest BCUT2D eigenvalue weighted by Crippen LogP contribution is 2.15. The zero-order valence-electron chi connectivity index (χ0n) is 12.1. The lowest BCUT2D eigenvalue weighted by molar-refractivity contribution is 0.0942. The molecule has 2 aromatic rings. The first-order valence-corrected chi connectivity index (χ1v) is 7.60. The number of aryl methyl sites for hydroxylation is 2. The van der Waals surface area contributed by atoms with Crippen molar-refractivity contribution in [3.63, 3.8) is 0 Å². The van der Waals surface area contributed by atoms with Gasteiger partial charge in [0.1, 0.15) is 5.69 Å². The highest BCUT2D eigenvalue weighted by Gasteiger charge is 2.13. The quantitative estimate of drug-likeness (QED) is 0.836. The molecule has 0 atom stereocenters. The molecule has 0 aromatic carbocycles. The summed E-state index contributed by atoms with van der Waals surface area (Å²) in [6.45, 7) is 2.80. The molecule has 0 saturated heterocycles. The predicted molar refractivity (Wildman–Crippen MR) is 84.0 cm³/mol. The van der Waals surface area contributed by atoms with Gasteiger partial charge in [0.15, 0.2) is 0 Å². The standard InChI is InChI=1S/C15H18N4OS/c1-3-12-9-13(19(2)18-12)15(20)17-10-14-11(5-4-7-16)6-8-21-14/h6,8-9H,3,7,10,16H2,1-2H3,(H,17,20). The predicted octanol–water partition coefficient (Wildman–Crippen LogP) is 1.28. The second kappa shape index (κ2) is 7.07. The van der Waals surface area contributed by atoms with E-state index in [1.165, 1.54) is 0 Å². The molecule has 5 nitrogen and oxygen atoms in total. The number of nitrogens with one attached hydrogen (secondary N) is 1. The normalized spacial score (nSPS) is 10.0. The number of thiophene rings is 1. The molecule has 1 amide bonds. The van der Waals surface area contributed by atoms with Crippen molar-refractivity contribution >= 4 is 17.2 Å². The van der Waals surface area contributed by atoms with Gasteiger partial charge in [-0.25, -0.2) is 0 Å². The van der Waals surface area contributed by atoms with Gasteiger partial charge in [-0.2, -0.15) is 5.10 Å². The monoisotopic (exact) mass is 302 g/mol. The number of hydrogen-bond acceptors (Lipinski definition) is 4. The van der Waals surface area contributed by atoms with Crippen molar-refractivity contribution < 1.29 is 4.79 Å². The van der Waals surface area contributed by atoms with Gasteiger partial charge in [-0.3, -0.25) is 9.48 Å². The van der Waals surface area contributed by atoms with E-state index >= 15 is 0 Å². The minimum atomic E-state index is -0.129. The van der Waals surface area contributed by atoms with Crippen molar-refractivity contribution in [1.82, 2.24) is 15.1 Å². The average molecular weight is 302 g/mol. The Morgan fingerprint density at radius 3 is 3.05 bits per heavy atom. The Hall–Kier alpha value is -2.10. The molecule has 2 aromatic heterocycles. The Morgan fingerprint density at radius 1 is 1.57 bits per heavy atom. The average Bonchev–Trinajstić information content (AvgIpc) is 3.08. The van der Waals surface area contributed by atoms with E-state index in [0.717, 1.165) is 22.6 Å². The zero-order valence-corrected chi connectivity index (χ0v) is 13.0. The maximum atomic E-state index is 12.2. The highest BCUT2D eigenvalue weighted by atomic mass is 32.1. The number of rotatable bonds is 4. The van der Waals surface area contributed by atoms with E-state index in [2.05, 4.69) is 22.3 Å². The molecule has 110 valence electrons. The maximum Gasteiger partial charge on any atom is 0.269 e. The van der Waals surface area contributed by atoms with Gasteiger partial charge in [-0.05, 0) is 23.9 Å². The summed E-state index contributed by atoms with van der Waals surface area (Å²) in [4.78, 5) is 13.2. The van der Waals surface area contributed by atoms with Gasteiger partial charge >= 0.3 is 0 Å². The van der Waals surface area contributed by atoms with E-state index in [1.807, 2.05) is 24.4 Å². The maximum absolute atomic E-state index is 12.2. The second-order valence-corrected chi connectivity index (χ2v) is 5.44. The molecule has 0 aliphatic rings. The number of carbonyl (C=O) groups is 1. The molecule has 2 heterocycles. The lowest BCUT2D eigenvalue weighted by atomic mass is 10.2. The number of hydrogen-bond donors (Lipinski definition) is 2. The van der Waals surface area contributed by atoms with E-state index in [4.69, 9.17) is 5.73 Å². The molecule has 3 N–H and O–H groups in total. The molecule has 0 fully saturated rings. The molecule has 2 rings (SSSR count). The van der Waals surface area contributed by atoms with Gasteiger partial charge < -0.3 is 11.1 Å². The van der Waals surface area contributed by atoms with Crippen LogP contribution in [0.4, 0.5) is 0 Å². The van der Waals surface area contributed by atoms with Gasteiger partial charge in [0.2, 0.25) is 0 Å². The van der Waals surface area contributed by atoms with Gasteiger partial charge in [0.05, 0.1) is 18.8 Å². The molecule has 0 aliphatic heterocycles. The van der Waals surface area contributed by atoms with E-state index < -0.39 is 0 Å². The summed E-state index contributed by atoms with van der Waals surface area (Å²) < 4.78 is 1.61. The van der Waals surface area contributed by atoms with Gasteiger partial charge in [0.25, 0.3) is 5.91 Å². The van der Waals surface area contributed by atoms with Crippen LogP contribution < -0.4 is 11.1 Å². The smallest absolute Gasteiger partial charge is 0.269 e. The first-order valence-electron chi connectivity index (χ1n) is 6.72. The third-order valence-electron chi connectivity index (χ3n) is 3.01. The number of aromatic nitrogens is 2. The van der Waals surface area contributed by atoms with Crippen molar-refractivity contribution in [2.45, 2.75) is 19.9 Å². The van der Waals surface area contributed by atoms with Crippen molar-refractivity contribution in [3.8, 4) is 11.8 Å². The minimum absolute atomic E-state index is 0.129. The SMILES string of the molecule is CCc1cc(C(=O)NCc2sccc2C#CCN)n(C)n1. The Labute approximate surface area is 128 Å². The van der Waals surface area contributed by atoms with Crippen LogP contribution in [0.15, 0.2) is 17.5 Å². The van der Waals surface area contributed by atoms with E-state index in [0.29, 0.717) is 18.8 Å². The summed E-state index contributed by atoms with van der Waals surface area (Å²) in [7, 11) is 1.78. The van der Waals surface area contributed by atoms with Crippen LogP contribution in [0.1, 0.15) is 33.5 Å². The third kappa shape index (κ3) is 3.72. The Kier molecular flexibility index (Phi) is 5.14.